The van der Waals surface area contributed by atoms with E-state index in [1.807, 2.05) is 6.92 Å². The number of aromatic nitrogens is 2. The normalized spacial score (nSPS) is 13.4. The van der Waals surface area contributed by atoms with Crippen LogP contribution in [0.5, 0.6) is 0 Å². The van der Waals surface area contributed by atoms with Gasteiger partial charge in [0.15, 0.2) is 0 Å². The minimum absolute atomic E-state index is 0.137. The van der Waals surface area contributed by atoms with Crippen molar-refractivity contribution in [3.8, 4) is 11.5 Å². The molecule has 6 heteroatoms. The Morgan fingerprint density at radius 1 is 1.38 bits per heavy atom. The summed E-state index contributed by atoms with van der Waals surface area (Å²) in [6.45, 7) is 8.73. The topological polar surface area (TPSA) is 74.2 Å². The molecule has 0 saturated carbocycles. The van der Waals surface area contributed by atoms with Crippen LogP contribution in [0.25, 0.3) is 11.5 Å². The number of hydrogen-bond acceptors (Lipinski definition) is 5. The van der Waals surface area contributed by atoms with E-state index in [1.54, 1.807) is 18.2 Å². The molecule has 0 aliphatic heterocycles. The molecule has 1 unspecified atom stereocenters. The Balaban J connectivity index is 2.36. The van der Waals surface area contributed by atoms with E-state index in [4.69, 9.17) is 26.6 Å². The highest BCUT2D eigenvalue weighted by atomic mass is 35.5. The Morgan fingerprint density at radius 2 is 2.10 bits per heavy atom. The minimum Gasteiger partial charge on any atom is -0.399 e. The lowest BCUT2D eigenvalue weighted by atomic mass is 9.88. The molecule has 0 aliphatic rings. The fourth-order valence-electron chi connectivity index (χ4n) is 2.03. The molecule has 1 heterocycles. The first-order valence-electron chi connectivity index (χ1n) is 6.83. The van der Waals surface area contributed by atoms with E-state index in [0.717, 1.165) is 0 Å². The number of hydrogen-bond donors (Lipinski definition) is 1. The van der Waals surface area contributed by atoms with Crippen molar-refractivity contribution in [2.45, 2.75) is 33.8 Å². The third-order valence-electron chi connectivity index (χ3n) is 3.02. The Kier molecular flexibility index (Phi) is 4.54. The molecule has 0 bridgehead atoms. The maximum atomic E-state index is 6.16. The van der Waals surface area contributed by atoms with Gasteiger partial charge in [-0.05, 0) is 30.5 Å². The van der Waals surface area contributed by atoms with Crippen LogP contribution >= 0.6 is 11.6 Å². The highest BCUT2D eigenvalue weighted by molar-refractivity contribution is 6.33. The summed E-state index contributed by atoms with van der Waals surface area (Å²) in [7, 11) is 0. The SMILES string of the molecule is CCOC(c1noc(-c2ccc(N)cc2Cl)n1)C(C)(C)C. The Labute approximate surface area is 129 Å². The fourth-order valence-corrected chi connectivity index (χ4v) is 2.30. The average Bonchev–Trinajstić information content (AvgIpc) is 2.83. The molecule has 0 amide bonds. The first-order chi connectivity index (χ1) is 9.82. The molecule has 0 fully saturated rings. The molecule has 2 N–H and O–H groups in total. The van der Waals surface area contributed by atoms with Gasteiger partial charge in [0.05, 0.1) is 10.6 Å². The molecule has 114 valence electrons. The third-order valence-corrected chi connectivity index (χ3v) is 3.33. The molecule has 5 nitrogen and oxygen atoms in total. The highest BCUT2D eigenvalue weighted by Gasteiger charge is 2.31. The van der Waals surface area contributed by atoms with Crippen molar-refractivity contribution in [2.24, 2.45) is 5.41 Å². The summed E-state index contributed by atoms with van der Waals surface area (Å²) in [4.78, 5) is 4.43. The Morgan fingerprint density at radius 3 is 2.67 bits per heavy atom. The molecule has 0 saturated heterocycles. The number of nitrogens with two attached hydrogens (primary N) is 1. The van der Waals surface area contributed by atoms with Crippen LogP contribution in [0.15, 0.2) is 22.7 Å². The van der Waals surface area contributed by atoms with Crippen LogP contribution in [0.2, 0.25) is 5.02 Å². The summed E-state index contributed by atoms with van der Waals surface area (Å²) >= 11 is 6.16. The second kappa shape index (κ2) is 6.03. The average molecular weight is 310 g/mol. The number of rotatable bonds is 4. The number of halogens is 1. The van der Waals surface area contributed by atoms with Crippen LogP contribution in [0.4, 0.5) is 5.69 Å². The van der Waals surface area contributed by atoms with Gasteiger partial charge in [0, 0.05) is 12.3 Å². The van der Waals surface area contributed by atoms with E-state index >= 15 is 0 Å². The van der Waals surface area contributed by atoms with E-state index in [2.05, 4.69) is 30.9 Å². The Hall–Kier alpha value is -1.59. The predicted molar refractivity (Wildman–Crippen MR) is 83.0 cm³/mol. The largest absolute Gasteiger partial charge is 0.399 e. The predicted octanol–water partition coefficient (Wildman–Crippen LogP) is 4.10. The maximum absolute atomic E-state index is 6.16. The lowest BCUT2D eigenvalue weighted by Gasteiger charge is -2.27. The Bertz CT molecular complexity index is 620. The smallest absolute Gasteiger partial charge is 0.259 e. The quantitative estimate of drug-likeness (QED) is 0.861. The number of ether oxygens (including phenoxy) is 1. The van der Waals surface area contributed by atoms with Crippen LogP contribution in [0, 0.1) is 5.41 Å². The van der Waals surface area contributed by atoms with E-state index in [-0.39, 0.29) is 11.5 Å². The molecule has 2 rings (SSSR count). The van der Waals surface area contributed by atoms with E-state index in [1.165, 1.54) is 0 Å². The molecular weight excluding hydrogens is 290 g/mol. The summed E-state index contributed by atoms with van der Waals surface area (Å²) in [5.74, 6) is 0.885. The van der Waals surface area contributed by atoms with Crippen molar-refractivity contribution in [1.29, 1.82) is 0 Å². The van der Waals surface area contributed by atoms with Gasteiger partial charge in [-0.3, -0.25) is 0 Å². The van der Waals surface area contributed by atoms with Gasteiger partial charge in [-0.25, -0.2) is 0 Å². The van der Waals surface area contributed by atoms with Crippen LogP contribution in [0.1, 0.15) is 39.6 Å². The number of benzene rings is 1. The fraction of sp³-hybridized carbons (Fsp3) is 0.467. The highest BCUT2D eigenvalue weighted by Crippen LogP contribution is 2.36. The third kappa shape index (κ3) is 3.54. The molecular formula is C15H20ClN3O2. The van der Waals surface area contributed by atoms with Crippen LogP contribution < -0.4 is 5.73 Å². The summed E-state index contributed by atoms with van der Waals surface area (Å²) in [5, 5.41) is 4.52. The van der Waals surface area contributed by atoms with Gasteiger partial charge in [0.1, 0.15) is 6.10 Å². The molecule has 1 atom stereocenters. The van der Waals surface area contributed by atoms with Crippen molar-refractivity contribution in [3.63, 3.8) is 0 Å². The number of anilines is 1. The number of nitrogens with zero attached hydrogens (tertiary/aromatic N) is 2. The van der Waals surface area contributed by atoms with Gasteiger partial charge in [-0.15, -0.1) is 0 Å². The first-order valence-corrected chi connectivity index (χ1v) is 7.21. The van der Waals surface area contributed by atoms with Crippen LogP contribution in [-0.4, -0.2) is 16.7 Å². The van der Waals surface area contributed by atoms with Gasteiger partial charge in [0.25, 0.3) is 5.89 Å². The molecule has 0 spiro atoms. The first kappa shape index (κ1) is 15.8. The van der Waals surface area contributed by atoms with E-state index in [0.29, 0.717) is 34.6 Å². The van der Waals surface area contributed by atoms with Gasteiger partial charge < -0.3 is 15.0 Å². The second-order valence-corrected chi connectivity index (χ2v) is 6.31. The summed E-state index contributed by atoms with van der Waals surface area (Å²) < 4.78 is 11.1. The molecule has 21 heavy (non-hydrogen) atoms. The van der Waals surface area contributed by atoms with Crippen molar-refractivity contribution in [2.75, 3.05) is 12.3 Å². The van der Waals surface area contributed by atoms with Crippen molar-refractivity contribution in [3.05, 3.63) is 29.0 Å². The molecule has 2 aromatic rings. The second-order valence-electron chi connectivity index (χ2n) is 5.90. The molecule has 0 aliphatic carbocycles. The zero-order valence-corrected chi connectivity index (χ0v) is 13.4. The van der Waals surface area contributed by atoms with Crippen molar-refractivity contribution < 1.29 is 9.26 Å². The molecule has 1 aromatic heterocycles. The van der Waals surface area contributed by atoms with Gasteiger partial charge in [0.2, 0.25) is 5.82 Å². The standard InChI is InChI=1S/C15H20ClN3O2/c1-5-20-12(15(2,3)4)13-18-14(21-19-13)10-7-6-9(17)8-11(10)16/h6-8,12H,5,17H2,1-4H3. The monoisotopic (exact) mass is 309 g/mol. The zero-order valence-electron chi connectivity index (χ0n) is 12.7. The molecule has 1 aromatic carbocycles. The zero-order chi connectivity index (χ0) is 15.6. The van der Waals surface area contributed by atoms with E-state index < -0.39 is 0 Å². The van der Waals surface area contributed by atoms with Gasteiger partial charge >= 0.3 is 0 Å². The lowest BCUT2D eigenvalue weighted by Crippen LogP contribution is -2.22. The van der Waals surface area contributed by atoms with Crippen molar-refractivity contribution in [1.82, 2.24) is 10.1 Å². The van der Waals surface area contributed by atoms with E-state index in [9.17, 15) is 0 Å². The number of nitrogen functional groups attached to an aromatic ring is 1. The van der Waals surface area contributed by atoms with Crippen LogP contribution in [0.3, 0.4) is 0 Å². The molecule has 0 radical (unpaired) electrons. The van der Waals surface area contributed by atoms with Crippen molar-refractivity contribution >= 4 is 17.3 Å². The summed E-state index contributed by atoms with van der Waals surface area (Å²) in [5.41, 5.74) is 6.80. The summed E-state index contributed by atoms with van der Waals surface area (Å²) in [6.07, 6.45) is -0.243. The van der Waals surface area contributed by atoms with Crippen LogP contribution in [-0.2, 0) is 4.74 Å². The summed E-state index contributed by atoms with van der Waals surface area (Å²) in [6, 6.07) is 5.17. The van der Waals surface area contributed by atoms with Gasteiger partial charge in [-0.1, -0.05) is 37.5 Å². The lowest BCUT2D eigenvalue weighted by molar-refractivity contribution is -0.0203. The maximum Gasteiger partial charge on any atom is 0.259 e. The minimum atomic E-state index is -0.243. The van der Waals surface area contributed by atoms with Gasteiger partial charge in [-0.2, -0.15) is 4.98 Å².